The summed E-state index contributed by atoms with van der Waals surface area (Å²) in [5.74, 6) is 0.234. The van der Waals surface area contributed by atoms with E-state index in [-0.39, 0.29) is 16.9 Å². The minimum atomic E-state index is -1.62. The molecule has 0 aromatic carbocycles. The smallest absolute Gasteiger partial charge is 0.156 e. The van der Waals surface area contributed by atoms with E-state index in [9.17, 15) is 14.7 Å². The zero-order valence-corrected chi connectivity index (χ0v) is 11.4. The third-order valence-corrected chi connectivity index (χ3v) is 5.41. The lowest BCUT2D eigenvalue weighted by Gasteiger charge is -2.58. The number of aliphatic hydroxyl groups is 1. The Labute approximate surface area is 108 Å². The summed E-state index contributed by atoms with van der Waals surface area (Å²) in [4.78, 5) is 22.6. The van der Waals surface area contributed by atoms with Gasteiger partial charge in [0, 0.05) is 11.0 Å². The number of carbonyl (C=O) groups is 2. The predicted octanol–water partition coefficient (Wildman–Crippen LogP) is 2.28. The molecule has 0 radical (unpaired) electrons. The maximum atomic E-state index is 11.5. The lowest BCUT2D eigenvalue weighted by molar-refractivity contribution is -0.158. The molecule has 0 bridgehead atoms. The van der Waals surface area contributed by atoms with Gasteiger partial charge in [-0.05, 0) is 30.6 Å². The molecule has 3 heteroatoms. The van der Waals surface area contributed by atoms with Crippen molar-refractivity contribution in [1.82, 2.24) is 0 Å². The first kappa shape index (κ1) is 13.5. The number of allylic oxidation sites excluding steroid dienone is 1. The van der Waals surface area contributed by atoms with Crippen molar-refractivity contribution in [2.24, 2.45) is 16.7 Å². The normalized spacial score (nSPS) is 42.7. The molecule has 2 rings (SSSR count). The molecule has 2 aliphatic rings. The molecule has 0 spiro atoms. The molecular formula is C15H22O3. The quantitative estimate of drug-likeness (QED) is 0.765. The zero-order chi connectivity index (χ0) is 13.6. The van der Waals surface area contributed by atoms with Crippen molar-refractivity contribution in [3.8, 4) is 0 Å². The summed E-state index contributed by atoms with van der Waals surface area (Å²) in [5.41, 5.74) is -1.81. The summed E-state index contributed by atoms with van der Waals surface area (Å²) in [6.45, 7) is 6.35. The second kappa shape index (κ2) is 4.02. The van der Waals surface area contributed by atoms with Crippen LogP contribution in [0.25, 0.3) is 0 Å². The predicted molar refractivity (Wildman–Crippen MR) is 69.0 cm³/mol. The molecule has 3 atom stereocenters. The SMILES string of the molecule is CC1(C)CCC[C@@]2(C)[C@@H]1CC=C(C=O)[C@]2(O)C=O. The van der Waals surface area contributed by atoms with Crippen LogP contribution >= 0.6 is 0 Å². The molecule has 1 N–H and O–H groups in total. The van der Waals surface area contributed by atoms with Crippen LogP contribution in [0.1, 0.15) is 46.5 Å². The topological polar surface area (TPSA) is 54.4 Å². The summed E-state index contributed by atoms with van der Waals surface area (Å²) in [6.07, 6.45) is 6.61. The molecule has 0 aromatic rings. The van der Waals surface area contributed by atoms with Gasteiger partial charge in [0.2, 0.25) is 0 Å². The lowest BCUT2D eigenvalue weighted by atomic mass is 9.47. The molecule has 0 saturated heterocycles. The van der Waals surface area contributed by atoms with Crippen LogP contribution in [0.4, 0.5) is 0 Å². The first-order valence-electron chi connectivity index (χ1n) is 6.66. The van der Waals surface area contributed by atoms with Crippen LogP contribution in [0.3, 0.4) is 0 Å². The number of fused-ring (bicyclic) bond motifs is 1. The first-order chi connectivity index (χ1) is 8.32. The molecule has 1 fully saturated rings. The van der Waals surface area contributed by atoms with Crippen molar-refractivity contribution < 1.29 is 14.7 Å². The van der Waals surface area contributed by atoms with Gasteiger partial charge in [-0.2, -0.15) is 0 Å². The van der Waals surface area contributed by atoms with E-state index in [2.05, 4.69) is 13.8 Å². The van der Waals surface area contributed by atoms with E-state index >= 15 is 0 Å². The Hall–Kier alpha value is -0.960. The van der Waals surface area contributed by atoms with Crippen molar-refractivity contribution in [1.29, 1.82) is 0 Å². The molecule has 0 amide bonds. The molecule has 2 aliphatic carbocycles. The van der Waals surface area contributed by atoms with E-state index in [1.165, 1.54) is 0 Å². The van der Waals surface area contributed by atoms with Gasteiger partial charge in [-0.25, -0.2) is 0 Å². The van der Waals surface area contributed by atoms with Crippen molar-refractivity contribution in [2.75, 3.05) is 0 Å². The summed E-state index contributed by atoms with van der Waals surface area (Å²) >= 11 is 0. The molecule has 3 nitrogen and oxygen atoms in total. The van der Waals surface area contributed by atoms with E-state index in [0.717, 1.165) is 25.7 Å². The summed E-state index contributed by atoms with van der Waals surface area (Å²) in [7, 11) is 0. The van der Waals surface area contributed by atoms with Gasteiger partial charge >= 0.3 is 0 Å². The summed E-state index contributed by atoms with van der Waals surface area (Å²) < 4.78 is 0. The lowest BCUT2D eigenvalue weighted by Crippen LogP contribution is -2.60. The molecule has 0 aromatic heterocycles. The minimum absolute atomic E-state index is 0.0922. The molecule has 0 unspecified atom stereocenters. The highest BCUT2D eigenvalue weighted by molar-refractivity contribution is 5.88. The van der Waals surface area contributed by atoms with E-state index in [0.29, 0.717) is 12.6 Å². The van der Waals surface area contributed by atoms with Gasteiger partial charge in [-0.3, -0.25) is 9.59 Å². The van der Waals surface area contributed by atoms with Gasteiger partial charge in [0.1, 0.15) is 6.29 Å². The maximum absolute atomic E-state index is 11.5. The number of hydrogen-bond acceptors (Lipinski definition) is 3. The average Bonchev–Trinajstić information content (AvgIpc) is 2.31. The first-order valence-corrected chi connectivity index (χ1v) is 6.66. The van der Waals surface area contributed by atoms with Crippen LogP contribution in [0.15, 0.2) is 11.6 Å². The molecule has 0 aliphatic heterocycles. The number of aldehydes is 2. The average molecular weight is 250 g/mol. The number of rotatable bonds is 2. The maximum Gasteiger partial charge on any atom is 0.156 e. The standard InChI is InChI=1S/C15H22O3/c1-13(2)7-4-8-14(3)12(13)6-5-11(9-16)15(14,18)10-17/h5,9-10,12,18H,4,6-8H2,1-3H3/t12-,14+,15-/m1/s1. The van der Waals surface area contributed by atoms with Crippen molar-refractivity contribution in [3.05, 3.63) is 11.6 Å². The third-order valence-electron chi connectivity index (χ3n) is 5.41. The van der Waals surface area contributed by atoms with E-state index < -0.39 is 11.0 Å². The fourth-order valence-corrected chi connectivity index (χ4v) is 4.23. The third kappa shape index (κ3) is 1.53. The van der Waals surface area contributed by atoms with Gasteiger partial charge in [0.25, 0.3) is 0 Å². The molecule has 1 saturated carbocycles. The minimum Gasteiger partial charge on any atom is -0.377 e. The van der Waals surface area contributed by atoms with Gasteiger partial charge in [-0.15, -0.1) is 0 Å². The molecule has 18 heavy (non-hydrogen) atoms. The van der Waals surface area contributed by atoms with Crippen LogP contribution < -0.4 is 0 Å². The number of hydrogen-bond donors (Lipinski definition) is 1. The highest BCUT2D eigenvalue weighted by Crippen LogP contribution is 2.60. The summed E-state index contributed by atoms with van der Waals surface area (Å²) in [5, 5.41) is 10.8. The Morgan fingerprint density at radius 2 is 1.94 bits per heavy atom. The Balaban J connectivity index is 2.57. The molecular weight excluding hydrogens is 228 g/mol. The summed E-state index contributed by atoms with van der Waals surface area (Å²) in [6, 6.07) is 0. The van der Waals surface area contributed by atoms with Crippen LogP contribution in [-0.2, 0) is 9.59 Å². The highest BCUT2D eigenvalue weighted by atomic mass is 16.3. The Kier molecular flexibility index (Phi) is 3.01. The van der Waals surface area contributed by atoms with Crippen molar-refractivity contribution in [2.45, 2.75) is 52.1 Å². The molecule has 0 heterocycles. The van der Waals surface area contributed by atoms with E-state index in [1.54, 1.807) is 6.08 Å². The fraction of sp³-hybridized carbons (Fsp3) is 0.733. The van der Waals surface area contributed by atoms with Crippen molar-refractivity contribution in [3.63, 3.8) is 0 Å². The molecule has 100 valence electrons. The van der Waals surface area contributed by atoms with Gasteiger partial charge in [-0.1, -0.05) is 33.3 Å². The largest absolute Gasteiger partial charge is 0.377 e. The highest BCUT2D eigenvalue weighted by Gasteiger charge is 2.60. The van der Waals surface area contributed by atoms with Crippen molar-refractivity contribution >= 4 is 12.6 Å². The van der Waals surface area contributed by atoms with Crippen LogP contribution in [-0.4, -0.2) is 23.3 Å². The van der Waals surface area contributed by atoms with Gasteiger partial charge < -0.3 is 5.11 Å². The zero-order valence-electron chi connectivity index (χ0n) is 11.4. The Bertz CT molecular complexity index is 410. The Morgan fingerprint density at radius 3 is 2.50 bits per heavy atom. The Morgan fingerprint density at radius 1 is 1.28 bits per heavy atom. The van der Waals surface area contributed by atoms with Crippen LogP contribution in [0, 0.1) is 16.7 Å². The van der Waals surface area contributed by atoms with Gasteiger partial charge in [0.15, 0.2) is 11.9 Å². The van der Waals surface area contributed by atoms with Crippen LogP contribution in [0.5, 0.6) is 0 Å². The monoisotopic (exact) mass is 250 g/mol. The van der Waals surface area contributed by atoms with E-state index in [4.69, 9.17) is 0 Å². The van der Waals surface area contributed by atoms with Gasteiger partial charge in [0.05, 0.1) is 0 Å². The second-order valence-electron chi connectivity index (χ2n) is 6.71. The fourth-order valence-electron chi connectivity index (χ4n) is 4.23. The van der Waals surface area contributed by atoms with E-state index in [1.807, 2.05) is 6.92 Å². The second-order valence-corrected chi connectivity index (χ2v) is 6.71. The van der Waals surface area contributed by atoms with Crippen LogP contribution in [0.2, 0.25) is 0 Å². The number of carbonyl (C=O) groups excluding carboxylic acids is 2.